The van der Waals surface area contributed by atoms with Crippen LogP contribution in [0.3, 0.4) is 0 Å². The van der Waals surface area contributed by atoms with E-state index in [0.717, 1.165) is 0 Å². The van der Waals surface area contributed by atoms with Gasteiger partial charge in [-0.15, -0.1) is 0 Å². The van der Waals surface area contributed by atoms with Crippen LogP contribution in [0.5, 0.6) is 5.75 Å². The number of hydrogen-bond donors (Lipinski definition) is 3. The highest BCUT2D eigenvalue weighted by Crippen LogP contribution is 2.20. The smallest absolute Gasteiger partial charge is 0.257 e. The standard InChI is InChI=1S/C19H23N3O4/c1-25-14-7-5-6-13(10-14)21-19(24)16-8-3-4-9-17(16)22-18(23)11-15(12-20)26-2/h3-10,15H,11-12,20H2,1-2H3,(H,21,24)(H,22,23). The molecule has 2 rings (SSSR count). The first kappa shape index (κ1) is 19.4. The molecule has 0 radical (unpaired) electrons. The summed E-state index contributed by atoms with van der Waals surface area (Å²) in [6, 6.07) is 13.8. The van der Waals surface area contributed by atoms with Crippen molar-refractivity contribution in [2.75, 3.05) is 31.4 Å². The summed E-state index contributed by atoms with van der Waals surface area (Å²) >= 11 is 0. The van der Waals surface area contributed by atoms with E-state index in [1.165, 1.54) is 7.11 Å². The number of carbonyl (C=O) groups excluding carboxylic acids is 2. The molecule has 0 aliphatic heterocycles. The number of nitrogens with one attached hydrogen (secondary N) is 2. The van der Waals surface area contributed by atoms with Gasteiger partial charge < -0.3 is 25.8 Å². The fourth-order valence-electron chi connectivity index (χ4n) is 2.36. The Bertz CT molecular complexity index is 760. The lowest BCUT2D eigenvalue weighted by atomic mass is 10.1. The fourth-order valence-corrected chi connectivity index (χ4v) is 2.36. The molecule has 0 saturated carbocycles. The zero-order chi connectivity index (χ0) is 18.9. The Balaban J connectivity index is 2.12. The molecule has 0 spiro atoms. The molecule has 0 bridgehead atoms. The van der Waals surface area contributed by atoms with Gasteiger partial charge in [0, 0.05) is 25.4 Å². The molecule has 1 atom stereocenters. The summed E-state index contributed by atoms with van der Waals surface area (Å²) in [6.45, 7) is 0.238. The Labute approximate surface area is 152 Å². The van der Waals surface area contributed by atoms with Crippen LogP contribution < -0.4 is 21.1 Å². The summed E-state index contributed by atoms with van der Waals surface area (Å²) < 4.78 is 10.3. The Morgan fingerprint density at radius 2 is 1.85 bits per heavy atom. The highest BCUT2D eigenvalue weighted by atomic mass is 16.5. The van der Waals surface area contributed by atoms with Gasteiger partial charge in [0.1, 0.15) is 5.75 Å². The Morgan fingerprint density at radius 1 is 1.08 bits per heavy atom. The van der Waals surface area contributed by atoms with Crippen molar-refractivity contribution in [3.05, 3.63) is 54.1 Å². The first-order chi connectivity index (χ1) is 12.6. The van der Waals surface area contributed by atoms with Crippen molar-refractivity contribution in [3.63, 3.8) is 0 Å². The lowest BCUT2D eigenvalue weighted by Crippen LogP contribution is -2.28. The molecule has 0 aliphatic carbocycles. The minimum atomic E-state index is -0.368. The highest BCUT2D eigenvalue weighted by Gasteiger charge is 2.16. The lowest BCUT2D eigenvalue weighted by molar-refractivity contribution is -0.118. The second-order valence-electron chi connectivity index (χ2n) is 5.58. The Kier molecular flexibility index (Phi) is 7.13. The molecular weight excluding hydrogens is 334 g/mol. The maximum Gasteiger partial charge on any atom is 0.257 e. The minimum Gasteiger partial charge on any atom is -0.497 e. The summed E-state index contributed by atoms with van der Waals surface area (Å²) in [4.78, 5) is 24.8. The first-order valence-electron chi connectivity index (χ1n) is 8.14. The van der Waals surface area contributed by atoms with E-state index < -0.39 is 0 Å². The molecule has 1 unspecified atom stereocenters. The van der Waals surface area contributed by atoms with E-state index in [1.807, 2.05) is 0 Å². The van der Waals surface area contributed by atoms with E-state index >= 15 is 0 Å². The zero-order valence-electron chi connectivity index (χ0n) is 14.8. The normalized spacial score (nSPS) is 11.5. The first-order valence-corrected chi connectivity index (χ1v) is 8.14. The molecular formula is C19H23N3O4. The molecule has 0 fully saturated rings. The average Bonchev–Trinajstić information content (AvgIpc) is 2.66. The number of benzene rings is 2. The summed E-state index contributed by atoms with van der Waals surface area (Å²) in [5.74, 6) is 0.0250. The second kappa shape index (κ2) is 9.55. The third-order valence-corrected chi connectivity index (χ3v) is 3.78. The number of carbonyl (C=O) groups is 2. The number of hydrogen-bond acceptors (Lipinski definition) is 5. The van der Waals surface area contributed by atoms with Gasteiger partial charge in [0.25, 0.3) is 5.91 Å². The average molecular weight is 357 g/mol. The van der Waals surface area contributed by atoms with Crippen LogP contribution in [-0.4, -0.2) is 38.7 Å². The number of anilines is 2. The molecule has 2 aromatic carbocycles. The van der Waals surface area contributed by atoms with Crippen LogP contribution in [0.25, 0.3) is 0 Å². The summed E-state index contributed by atoms with van der Waals surface area (Å²) in [7, 11) is 3.06. The van der Waals surface area contributed by atoms with Gasteiger partial charge in [0.15, 0.2) is 0 Å². The minimum absolute atomic E-state index is 0.110. The van der Waals surface area contributed by atoms with E-state index in [4.69, 9.17) is 15.2 Å². The maximum absolute atomic E-state index is 12.6. The summed E-state index contributed by atoms with van der Waals surface area (Å²) in [6.07, 6.45) is -0.258. The van der Waals surface area contributed by atoms with Crippen LogP contribution in [0.2, 0.25) is 0 Å². The highest BCUT2D eigenvalue weighted by molar-refractivity contribution is 6.10. The van der Waals surface area contributed by atoms with Crippen molar-refractivity contribution < 1.29 is 19.1 Å². The number of ether oxygens (including phenoxy) is 2. The van der Waals surface area contributed by atoms with Gasteiger partial charge in [-0.3, -0.25) is 9.59 Å². The van der Waals surface area contributed by atoms with Gasteiger partial charge in [0.05, 0.1) is 30.9 Å². The number of nitrogens with two attached hydrogens (primary N) is 1. The van der Waals surface area contributed by atoms with Crippen LogP contribution in [-0.2, 0) is 9.53 Å². The number of methoxy groups -OCH3 is 2. The SMILES string of the molecule is COc1cccc(NC(=O)c2ccccc2NC(=O)CC(CN)OC)c1. The molecule has 4 N–H and O–H groups in total. The van der Waals surface area contributed by atoms with Gasteiger partial charge in [0.2, 0.25) is 5.91 Å². The molecule has 26 heavy (non-hydrogen) atoms. The molecule has 138 valence electrons. The number of amides is 2. The quantitative estimate of drug-likeness (QED) is 0.672. The predicted molar refractivity (Wildman–Crippen MR) is 100 cm³/mol. The predicted octanol–water partition coefficient (Wildman–Crippen LogP) is 2.25. The van der Waals surface area contributed by atoms with Crippen molar-refractivity contribution in [2.45, 2.75) is 12.5 Å². The zero-order valence-corrected chi connectivity index (χ0v) is 14.8. The van der Waals surface area contributed by atoms with Gasteiger partial charge in [-0.05, 0) is 24.3 Å². The second-order valence-corrected chi connectivity index (χ2v) is 5.58. The van der Waals surface area contributed by atoms with Crippen molar-refractivity contribution in [3.8, 4) is 5.75 Å². The third kappa shape index (κ3) is 5.30. The van der Waals surface area contributed by atoms with E-state index in [2.05, 4.69) is 10.6 Å². The third-order valence-electron chi connectivity index (χ3n) is 3.78. The van der Waals surface area contributed by atoms with Crippen molar-refractivity contribution in [1.29, 1.82) is 0 Å². The van der Waals surface area contributed by atoms with Gasteiger partial charge in [-0.1, -0.05) is 18.2 Å². The molecule has 7 nitrogen and oxygen atoms in total. The molecule has 2 aromatic rings. The molecule has 0 aliphatic rings. The van der Waals surface area contributed by atoms with Gasteiger partial charge >= 0.3 is 0 Å². The van der Waals surface area contributed by atoms with Gasteiger partial charge in [-0.2, -0.15) is 0 Å². The van der Waals surface area contributed by atoms with Crippen LogP contribution in [0.1, 0.15) is 16.8 Å². The van der Waals surface area contributed by atoms with E-state index in [-0.39, 0.29) is 30.9 Å². The van der Waals surface area contributed by atoms with Crippen LogP contribution in [0.4, 0.5) is 11.4 Å². The van der Waals surface area contributed by atoms with E-state index in [9.17, 15) is 9.59 Å². The lowest BCUT2D eigenvalue weighted by Gasteiger charge is -2.15. The van der Waals surface area contributed by atoms with E-state index in [1.54, 1.807) is 55.6 Å². The Morgan fingerprint density at radius 3 is 2.54 bits per heavy atom. The largest absolute Gasteiger partial charge is 0.497 e. The summed E-state index contributed by atoms with van der Waals surface area (Å²) in [5.41, 5.74) is 6.90. The van der Waals surface area contributed by atoms with E-state index in [0.29, 0.717) is 22.7 Å². The van der Waals surface area contributed by atoms with Crippen molar-refractivity contribution in [2.24, 2.45) is 5.73 Å². The number of para-hydroxylation sites is 1. The molecule has 7 heteroatoms. The molecule has 0 saturated heterocycles. The monoisotopic (exact) mass is 357 g/mol. The van der Waals surface area contributed by atoms with Crippen molar-refractivity contribution >= 4 is 23.2 Å². The van der Waals surface area contributed by atoms with Crippen LogP contribution in [0.15, 0.2) is 48.5 Å². The van der Waals surface area contributed by atoms with Crippen LogP contribution >= 0.6 is 0 Å². The Hall–Kier alpha value is -2.90. The van der Waals surface area contributed by atoms with Crippen molar-refractivity contribution in [1.82, 2.24) is 0 Å². The molecule has 2 amide bonds. The molecule has 0 heterocycles. The van der Waals surface area contributed by atoms with Gasteiger partial charge in [-0.25, -0.2) is 0 Å². The fraction of sp³-hybridized carbons (Fsp3) is 0.263. The van der Waals surface area contributed by atoms with Crippen LogP contribution in [0, 0.1) is 0 Å². The topological polar surface area (TPSA) is 103 Å². The summed E-state index contributed by atoms with van der Waals surface area (Å²) in [5, 5.41) is 5.53. The maximum atomic E-state index is 12.6. The number of rotatable bonds is 8. The molecule has 0 aromatic heterocycles.